The SMILES string of the molecule is Cc1cccc(N=Nc2c(C)nc3ccc(Br)cn23)c1C. The summed E-state index contributed by atoms with van der Waals surface area (Å²) < 4.78 is 2.92. The van der Waals surface area contributed by atoms with E-state index in [0.717, 1.165) is 32.9 Å². The Morgan fingerprint density at radius 1 is 1.05 bits per heavy atom. The van der Waals surface area contributed by atoms with Crippen molar-refractivity contribution in [3.63, 3.8) is 0 Å². The highest BCUT2D eigenvalue weighted by Crippen LogP contribution is 2.27. The third kappa shape index (κ3) is 2.61. The number of aryl methyl sites for hydroxylation is 2. The van der Waals surface area contributed by atoms with Gasteiger partial charge in [-0.15, -0.1) is 10.2 Å². The first kappa shape index (κ1) is 13.9. The van der Waals surface area contributed by atoms with Crippen molar-refractivity contribution in [2.45, 2.75) is 20.8 Å². The summed E-state index contributed by atoms with van der Waals surface area (Å²) in [7, 11) is 0. The van der Waals surface area contributed by atoms with E-state index in [0.29, 0.717) is 0 Å². The zero-order valence-electron chi connectivity index (χ0n) is 12.1. The highest BCUT2D eigenvalue weighted by Gasteiger charge is 2.08. The van der Waals surface area contributed by atoms with Gasteiger partial charge in [-0.25, -0.2) is 4.98 Å². The first-order chi connectivity index (χ1) is 10.1. The van der Waals surface area contributed by atoms with Crippen molar-refractivity contribution >= 4 is 33.1 Å². The molecule has 0 saturated heterocycles. The summed E-state index contributed by atoms with van der Waals surface area (Å²) in [6.07, 6.45) is 1.95. The third-order valence-corrected chi connectivity index (χ3v) is 4.02. The van der Waals surface area contributed by atoms with Gasteiger partial charge in [0.15, 0.2) is 5.82 Å². The monoisotopic (exact) mass is 342 g/mol. The van der Waals surface area contributed by atoms with Crippen molar-refractivity contribution in [3.8, 4) is 0 Å². The lowest BCUT2D eigenvalue weighted by atomic mass is 10.1. The predicted molar refractivity (Wildman–Crippen MR) is 87.7 cm³/mol. The number of halogens is 1. The van der Waals surface area contributed by atoms with Gasteiger partial charge in [0.25, 0.3) is 0 Å². The Bertz CT molecular complexity index is 849. The molecule has 4 nitrogen and oxygen atoms in total. The molecule has 21 heavy (non-hydrogen) atoms. The van der Waals surface area contributed by atoms with Crippen LogP contribution in [0.25, 0.3) is 5.65 Å². The number of nitrogens with zero attached hydrogens (tertiary/aromatic N) is 4. The highest BCUT2D eigenvalue weighted by molar-refractivity contribution is 9.10. The minimum absolute atomic E-state index is 0.757. The second-order valence-electron chi connectivity index (χ2n) is 5.02. The van der Waals surface area contributed by atoms with Crippen LogP contribution in [0, 0.1) is 20.8 Å². The van der Waals surface area contributed by atoms with Gasteiger partial charge >= 0.3 is 0 Å². The first-order valence-corrected chi connectivity index (χ1v) is 7.48. The van der Waals surface area contributed by atoms with Gasteiger partial charge in [-0.3, -0.25) is 4.40 Å². The van der Waals surface area contributed by atoms with Gasteiger partial charge in [0, 0.05) is 10.7 Å². The number of hydrogen-bond acceptors (Lipinski definition) is 3. The highest BCUT2D eigenvalue weighted by atomic mass is 79.9. The standard InChI is InChI=1S/C16H15BrN4/c1-10-5-4-6-14(11(10)2)19-20-16-12(3)18-15-8-7-13(17)9-21(15)16/h4-9H,1-3H3. The number of pyridine rings is 1. The Kier molecular flexibility index (Phi) is 3.59. The molecule has 0 saturated carbocycles. The van der Waals surface area contributed by atoms with Crippen molar-refractivity contribution in [3.05, 3.63) is 57.8 Å². The van der Waals surface area contributed by atoms with E-state index in [1.54, 1.807) is 0 Å². The van der Waals surface area contributed by atoms with Gasteiger partial charge in [-0.1, -0.05) is 12.1 Å². The minimum atomic E-state index is 0.757. The molecule has 0 atom stereocenters. The molecule has 2 heterocycles. The summed E-state index contributed by atoms with van der Waals surface area (Å²) >= 11 is 3.47. The van der Waals surface area contributed by atoms with E-state index < -0.39 is 0 Å². The van der Waals surface area contributed by atoms with Crippen molar-refractivity contribution in [1.29, 1.82) is 0 Å². The van der Waals surface area contributed by atoms with Gasteiger partial charge in [0.1, 0.15) is 5.65 Å². The molecule has 0 spiro atoms. The fraction of sp³-hybridized carbons (Fsp3) is 0.188. The number of azo groups is 1. The van der Waals surface area contributed by atoms with Crippen LogP contribution in [0.3, 0.4) is 0 Å². The second kappa shape index (κ2) is 5.41. The lowest BCUT2D eigenvalue weighted by molar-refractivity contribution is 1.08. The summed E-state index contributed by atoms with van der Waals surface area (Å²) in [5, 5.41) is 8.81. The fourth-order valence-corrected chi connectivity index (χ4v) is 2.53. The molecule has 0 aliphatic rings. The number of hydrogen-bond donors (Lipinski definition) is 0. The van der Waals surface area contributed by atoms with Crippen LogP contribution >= 0.6 is 15.9 Å². The van der Waals surface area contributed by atoms with E-state index in [9.17, 15) is 0 Å². The molecule has 0 N–H and O–H groups in total. The Balaban J connectivity index is 2.09. The zero-order chi connectivity index (χ0) is 15.0. The van der Waals surface area contributed by atoms with E-state index in [4.69, 9.17) is 0 Å². The Labute approximate surface area is 131 Å². The maximum Gasteiger partial charge on any atom is 0.182 e. The average Bonchev–Trinajstić information content (AvgIpc) is 2.76. The summed E-state index contributed by atoms with van der Waals surface area (Å²) in [5.41, 5.74) is 4.98. The summed E-state index contributed by atoms with van der Waals surface area (Å²) in [6.45, 7) is 6.07. The normalized spacial score (nSPS) is 11.6. The molecular formula is C16H15BrN4. The number of rotatable bonds is 2. The molecule has 106 valence electrons. The molecular weight excluding hydrogens is 328 g/mol. The van der Waals surface area contributed by atoms with Gasteiger partial charge in [0.05, 0.1) is 11.4 Å². The number of aromatic nitrogens is 2. The van der Waals surface area contributed by atoms with Crippen LogP contribution < -0.4 is 0 Å². The van der Waals surface area contributed by atoms with Crippen LogP contribution in [0.5, 0.6) is 0 Å². The van der Waals surface area contributed by atoms with Crippen LogP contribution in [-0.2, 0) is 0 Å². The first-order valence-electron chi connectivity index (χ1n) is 6.68. The Morgan fingerprint density at radius 2 is 1.86 bits per heavy atom. The molecule has 0 unspecified atom stereocenters. The van der Waals surface area contributed by atoms with E-state index in [1.165, 1.54) is 5.56 Å². The van der Waals surface area contributed by atoms with E-state index in [-0.39, 0.29) is 0 Å². The van der Waals surface area contributed by atoms with Crippen molar-refractivity contribution in [1.82, 2.24) is 9.38 Å². The molecule has 1 aromatic carbocycles. The lowest BCUT2D eigenvalue weighted by Gasteiger charge is -2.02. The van der Waals surface area contributed by atoms with E-state index in [1.807, 2.05) is 41.8 Å². The van der Waals surface area contributed by atoms with Crippen LogP contribution in [0.4, 0.5) is 11.5 Å². The molecule has 0 bridgehead atoms. The zero-order valence-corrected chi connectivity index (χ0v) is 13.7. The van der Waals surface area contributed by atoms with Crippen molar-refractivity contribution < 1.29 is 0 Å². The van der Waals surface area contributed by atoms with Crippen LogP contribution in [0.1, 0.15) is 16.8 Å². The number of fused-ring (bicyclic) bond motifs is 1. The second-order valence-corrected chi connectivity index (χ2v) is 5.93. The molecule has 3 rings (SSSR count). The van der Waals surface area contributed by atoms with Gasteiger partial charge in [-0.05, 0) is 66.0 Å². The largest absolute Gasteiger partial charge is 0.282 e. The minimum Gasteiger partial charge on any atom is -0.282 e. The van der Waals surface area contributed by atoms with E-state index in [2.05, 4.69) is 51.1 Å². The smallest absolute Gasteiger partial charge is 0.182 e. The fourth-order valence-electron chi connectivity index (χ4n) is 2.19. The van der Waals surface area contributed by atoms with Crippen molar-refractivity contribution in [2.75, 3.05) is 0 Å². The number of benzene rings is 1. The molecule has 0 aliphatic heterocycles. The quantitative estimate of drug-likeness (QED) is 0.572. The van der Waals surface area contributed by atoms with Gasteiger partial charge in [0.2, 0.25) is 0 Å². The molecule has 0 fully saturated rings. The maximum atomic E-state index is 4.49. The third-order valence-electron chi connectivity index (χ3n) is 3.55. The van der Waals surface area contributed by atoms with E-state index >= 15 is 0 Å². The van der Waals surface area contributed by atoms with Gasteiger partial charge in [-0.2, -0.15) is 0 Å². The molecule has 2 aromatic heterocycles. The molecule has 0 amide bonds. The van der Waals surface area contributed by atoms with Crippen LogP contribution in [0.15, 0.2) is 51.2 Å². The topological polar surface area (TPSA) is 42.0 Å². The average molecular weight is 343 g/mol. The van der Waals surface area contributed by atoms with Gasteiger partial charge < -0.3 is 0 Å². The predicted octanol–water partition coefficient (Wildman–Crippen LogP) is 5.44. The summed E-state index contributed by atoms with van der Waals surface area (Å²) in [4.78, 5) is 4.49. The lowest BCUT2D eigenvalue weighted by Crippen LogP contribution is -1.83. The van der Waals surface area contributed by atoms with Crippen LogP contribution in [0.2, 0.25) is 0 Å². The van der Waals surface area contributed by atoms with Crippen LogP contribution in [-0.4, -0.2) is 9.38 Å². The number of imidazole rings is 1. The maximum absolute atomic E-state index is 4.49. The summed E-state index contributed by atoms with van der Waals surface area (Å²) in [5.74, 6) is 0.757. The Hall–Kier alpha value is -2.01. The summed E-state index contributed by atoms with van der Waals surface area (Å²) in [6, 6.07) is 9.96. The Morgan fingerprint density at radius 3 is 2.67 bits per heavy atom. The molecule has 5 heteroatoms. The van der Waals surface area contributed by atoms with Crippen molar-refractivity contribution in [2.24, 2.45) is 10.2 Å². The molecule has 0 radical (unpaired) electrons. The molecule has 3 aromatic rings. The molecule has 0 aliphatic carbocycles.